The summed E-state index contributed by atoms with van der Waals surface area (Å²) in [5, 5.41) is 13.8. The Morgan fingerprint density at radius 1 is 0.900 bits per heavy atom. The number of fused-ring (bicyclic) bond motifs is 4. The van der Waals surface area contributed by atoms with E-state index >= 15 is 0 Å². The molecule has 0 aliphatic carbocycles. The Hall–Kier alpha value is -5.31. The highest BCUT2D eigenvalue weighted by Gasteiger charge is 2.38. The highest BCUT2D eigenvalue weighted by molar-refractivity contribution is 5.98. The summed E-state index contributed by atoms with van der Waals surface area (Å²) >= 11 is 0. The first-order valence-electron chi connectivity index (χ1n) is 13.0. The quantitative estimate of drug-likeness (QED) is 0.199. The monoisotopic (exact) mass is 527 g/mol. The molecule has 3 aromatic heterocycles. The van der Waals surface area contributed by atoms with Crippen molar-refractivity contribution in [2.24, 2.45) is 5.16 Å². The fourth-order valence-corrected chi connectivity index (χ4v) is 5.13. The first-order chi connectivity index (χ1) is 19.7. The van der Waals surface area contributed by atoms with E-state index in [4.69, 9.17) is 19.7 Å². The number of hydrogen-bond acceptors (Lipinski definition) is 7. The van der Waals surface area contributed by atoms with Gasteiger partial charge in [-0.05, 0) is 37.1 Å². The smallest absolute Gasteiger partial charge is 0.230 e. The van der Waals surface area contributed by atoms with Crippen LogP contribution in [0.4, 0.5) is 0 Å². The summed E-state index contributed by atoms with van der Waals surface area (Å²) in [5.74, 6) is 1.42. The maximum absolute atomic E-state index is 6.47. The second-order valence-corrected chi connectivity index (χ2v) is 9.57. The third kappa shape index (κ3) is 4.08. The number of ether oxygens (including phenoxy) is 1. The van der Waals surface area contributed by atoms with Gasteiger partial charge in [0.05, 0.1) is 34.1 Å². The Morgan fingerprint density at radius 2 is 1.60 bits per heavy atom. The van der Waals surface area contributed by atoms with E-state index in [-0.39, 0.29) is 12.5 Å². The molecular weight excluding hydrogens is 502 g/mol. The second kappa shape index (κ2) is 9.77. The zero-order valence-corrected chi connectivity index (χ0v) is 22.0. The van der Waals surface area contributed by atoms with E-state index in [9.17, 15) is 0 Å². The van der Waals surface area contributed by atoms with Crippen molar-refractivity contribution >= 4 is 11.4 Å². The number of nitrogens with zero attached hydrogens (tertiary/aromatic N) is 7. The Bertz CT molecular complexity index is 1850. The summed E-state index contributed by atoms with van der Waals surface area (Å²) in [6.45, 7) is 4.03. The molecule has 3 aromatic carbocycles. The number of aromatic nitrogens is 6. The fourth-order valence-electron chi connectivity index (χ4n) is 5.13. The van der Waals surface area contributed by atoms with E-state index in [1.807, 2.05) is 97.4 Å². The van der Waals surface area contributed by atoms with Crippen molar-refractivity contribution in [3.8, 4) is 17.4 Å². The molecule has 0 bridgehead atoms. The largest absolute Gasteiger partial charge is 0.420 e. The van der Waals surface area contributed by atoms with Gasteiger partial charge in [0.2, 0.25) is 11.8 Å². The van der Waals surface area contributed by atoms with Crippen molar-refractivity contribution < 1.29 is 9.57 Å². The molecule has 1 atom stereocenters. The molecule has 1 unspecified atom stereocenters. The molecule has 0 radical (unpaired) electrons. The van der Waals surface area contributed by atoms with Gasteiger partial charge in [-0.1, -0.05) is 84.0 Å². The molecule has 0 amide bonds. The lowest BCUT2D eigenvalue weighted by atomic mass is 9.84. The summed E-state index contributed by atoms with van der Waals surface area (Å²) in [4.78, 5) is 15.1. The van der Waals surface area contributed by atoms with Crippen molar-refractivity contribution in [1.82, 2.24) is 29.4 Å². The summed E-state index contributed by atoms with van der Waals surface area (Å²) in [6, 6.07) is 30.1. The Labute approximate surface area is 230 Å². The van der Waals surface area contributed by atoms with Gasteiger partial charge in [0.25, 0.3) is 0 Å². The average Bonchev–Trinajstić information content (AvgIpc) is 3.57. The average molecular weight is 528 g/mol. The van der Waals surface area contributed by atoms with Crippen LogP contribution in [0.5, 0.6) is 11.8 Å². The fraction of sp³-hybridized carbons (Fsp3) is 0.129. The van der Waals surface area contributed by atoms with E-state index < -0.39 is 0 Å². The molecule has 9 nitrogen and oxygen atoms in total. The van der Waals surface area contributed by atoms with Gasteiger partial charge in [0, 0.05) is 0 Å². The van der Waals surface area contributed by atoms with Crippen LogP contribution in [0.15, 0.2) is 102 Å². The number of oxime groups is 1. The highest BCUT2D eigenvalue weighted by Crippen LogP contribution is 2.49. The van der Waals surface area contributed by atoms with Gasteiger partial charge < -0.3 is 9.57 Å². The molecule has 0 saturated heterocycles. The van der Waals surface area contributed by atoms with E-state index in [0.29, 0.717) is 23.2 Å². The number of rotatable bonds is 6. The number of para-hydroxylation sites is 1. The van der Waals surface area contributed by atoms with E-state index in [1.165, 1.54) is 0 Å². The topological polar surface area (TPSA) is 91.7 Å². The SMILES string of the molecule is C/C(=N\OCc1nc2c3c(ncn2n1)Oc1c(c(C)nn1-c1ccccc1)C3c1ccccc1)c1ccccc1. The molecular formula is C31H25N7O2. The predicted octanol–water partition coefficient (Wildman–Crippen LogP) is 5.85. The lowest BCUT2D eigenvalue weighted by molar-refractivity contribution is 0.125. The zero-order valence-electron chi connectivity index (χ0n) is 22.0. The Kier molecular flexibility index (Phi) is 5.81. The zero-order chi connectivity index (χ0) is 27.1. The summed E-state index contributed by atoms with van der Waals surface area (Å²) in [6.07, 6.45) is 1.62. The van der Waals surface area contributed by atoms with E-state index in [1.54, 1.807) is 10.8 Å². The maximum Gasteiger partial charge on any atom is 0.230 e. The molecule has 0 saturated carbocycles. The minimum atomic E-state index is -0.204. The van der Waals surface area contributed by atoms with Gasteiger partial charge in [0.1, 0.15) is 6.33 Å². The molecule has 0 fully saturated rings. The third-order valence-corrected chi connectivity index (χ3v) is 6.98. The van der Waals surface area contributed by atoms with Crippen LogP contribution in [-0.2, 0) is 11.4 Å². The standard InChI is InChI=1S/C31H25N7O2/c1-20(22-12-6-3-7-13-22)36-39-18-25-33-29-28-27(23-14-8-4-9-15-23)26-21(2)34-38(24-16-10-5-11-17-24)31(26)40-30(28)32-19-37(29)35-25/h3-17,19,27H,18H2,1-2H3/b36-20+. The van der Waals surface area contributed by atoms with Crippen LogP contribution in [0.1, 0.15) is 46.6 Å². The second-order valence-electron chi connectivity index (χ2n) is 9.57. The molecule has 4 heterocycles. The maximum atomic E-state index is 6.47. The van der Waals surface area contributed by atoms with Crippen molar-refractivity contribution in [3.05, 3.63) is 131 Å². The van der Waals surface area contributed by atoms with Crippen molar-refractivity contribution in [2.75, 3.05) is 0 Å². The first-order valence-corrected chi connectivity index (χ1v) is 13.0. The Balaban J connectivity index is 1.31. The summed E-state index contributed by atoms with van der Waals surface area (Å²) in [7, 11) is 0. The van der Waals surface area contributed by atoms with Crippen LogP contribution < -0.4 is 4.74 Å². The van der Waals surface area contributed by atoms with Crippen molar-refractivity contribution in [1.29, 1.82) is 0 Å². The van der Waals surface area contributed by atoms with Gasteiger partial charge in [-0.25, -0.2) is 19.2 Å². The number of aryl methyl sites for hydroxylation is 1. The normalized spacial score (nSPS) is 14.4. The van der Waals surface area contributed by atoms with Gasteiger partial charge >= 0.3 is 0 Å². The molecule has 9 heteroatoms. The predicted molar refractivity (Wildman–Crippen MR) is 150 cm³/mol. The van der Waals surface area contributed by atoms with Crippen LogP contribution in [0.25, 0.3) is 11.3 Å². The van der Waals surface area contributed by atoms with E-state index in [0.717, 1.165) is 39.3 Å². The van der Waals surface area contributed by atoms with Crippen LogP contribution in [0, 0.1) is 6.92 Å². The van der Waals surface area contributed by atoms with Gasteiger partial charge in [-0.3, -0.25) is 0 Å². The van der Waals surface area contributed by atoms with Gasteiger partial charge in [-0.2, -0.15) is 5.10 Å². The number of hydrogen-bond donors (Lipinski definition) is 0. The molecule has 7 rings (SSSR count). The molecule has 1 aliphatic rings. The van der Waals surface area contributed by atoms with Crippen molar-refractivity contribution in [3.63, 3.8) is 0 Å². The minimum Gasteiger partial charge on any atom is -0.420 e. The molecule has 1 aliphatic heterocycles. The van der Waals surface area contributed by atoms with Crippen molar-refractivity contribution in [2.45, 2.75) is 26.4 Å². The summed E-state index contributed by atoms with van der Waals surface area (Å²) in [5.41, 5.74) is 7.10. The summed E-state index contributed by atoms with van der Waals surface area (Å²) < 4.78 is 9.98. The van der Waals surface area contributed by atoms with Crippen LogP contribution in [0.3, 0.4) is 0 Å². The van der Waals surface area contributed by atoms with Gasteiger partial charge in [0.15, 0.2) is 18.1 Å². The lowest BCUT2D eigenvalue weighted by Gasteiger charge is -2.26. The Morgan fingerprint density at radius 3 is 2.35 bits per heavy atom. The van der Waals surface area contributed by atoms with Gasteiger partial charge in [-0.15, -0.1) is 5.10 Å². The van der Waals surface area contributed by atoms with Crippen LogP contribution in [-0.4, -0.2) is 35.1 Å². The first kappa shape index (κ1) is 23.8. The molecule has 0 spiro atoms. The highest BCUT2D eigenvalue weighted by atomic mass is 16.6. The molecule has 0 N–H and O–H groups in total. The minimum absolute atomic E-state index is 0.119. The molecule has 6 aromatic rings. The van der Waals surface area contributed by atoms with Crippen LogP contribution in [0.2, 0.25) is 0 Å². The number of benzene rings is 3. The molecule has 196 valence electrons. The third-order valence-electron chi connectivity index (χ3n) is 6.98. The molecule has 40 heavy (non-hydrogen) atoms. The lowest BCUT2D eigenvalue weighted by Crippen LogP contribution is -2.16. The van der Waals surface area contributed by atoms with Crippen LogP contribution >= 0.6 is 0 Å². The van der Waals surface area contributed by atoms with E-state index in [2.05, 4.69) is 27.4 Å².